The Morgan fingerprint density at radius 3 is 2.80 bits per heavy atom. The minimum atomic E-state index is -0.449. The van der Waals surface area contributed by atoms with Gasteiger partial charge in [0.2, 0.25) is 0 Å². The first-order valence-corrected chi connectivity index (χ1v) is 6.45. The third-order valence-corrected chi connectivity index (χ3v) is 2.85. The van der Waals surface area contributed by atoms with Crippen molar-refractivity contribution in [1.29, 1.82) is 0 Å². The Morgan fingerprint density at radius 2 is 2.10 bits per heavy atom. The quantitative estimate of drug-likeness (QED) is 0.525. The van der Waals surface area contributed by atoms with Crippen LogP contribution >= 0.6 is 15.9 Å². The fraction of sp³-hybridized carbons (Fsp3) is 0.0769. The SMILES string of the molecule is COC(=O)/C=C/c1[nH]cnc1N=Nc1ccc(Br)cc1. The van der Waals surface area contributed by atoms with Crippen molar-refractivity contribution in [2.75, 3.05) is 7.11 Å². The zero-order valence-corrected chi connectivity index (χ0v) is 12.2. The molecule has 0 aliphatic rings. The fourth-order valence-corrected chi connectivity index (χ4v) is 1.60. The van der Waals surface area contributed by atoms with Gasteiger partial charge < -0.3 is 9.72 Å². The molecule has 0 spiro atoms. The average Bonchev–Trinajstić information content (AvgIpc) is 2.91. The molecule has 0 aliphatic heterocycles. The molecule has 2 rings (SSSR count). The van der Waals surface area contributed by atoms with E-state index >= 15 is 0 Å². The van der Waals surface area contributed by atoms with E-state index in [-0.39, 0.29) is 0 Å². The average molecular weight is 335 g/mol. The molecule has 0 saturated carbocycles. The summed E-state index contributed by atoms with van der Waals surface area (Å²) in [5.41, 5.74) is 1.29. The number of imidazole rings is 1. The summed E-state index contributed by atoms with van der Waals surface area (Å²) in [6.07, 6.45) is 4.30. The number of aromatic amines is 1. The van der Waals surface area contributed by atoms with Crippen molar-refractivity contribution >= 4 is 39.5 Å². The van der Waals surface area contributed by atoms with Gasteiger partial charge in [0.1, 0.15) is 0 Å². The maximum Gasteiger partial charge on any atom is 0.330 e. The predicted molar refractivity (Wildman–Crippen MR) is 78.0 cm³/mol. The van der Waals surface area contributed by atoms with Crippen LogP contribution in [0.1, 0.15) is 5.69 Å². The highest BCUT2D eigenvalue weighted by molar-refractivity contribution is 9.10. The summed E-state index contributed by atoms with van der Waals surface area (Å²) in [7, 11) is 1.31. The van der Waals surface area contributed by atoms with Gasteiger partial charge in [0.25, 0.3) is 0 Å². The summed E-state index contributed by atoms with van der Waals surface area (Å²) in [4.78, 5) is 17.9. The van der Waals surface area contributed by atoms with E-state index in [0.29, 0.717) is 17.2 Å². The van der Waals surface area contributed by atoms with Crippen LogP contribution in [0.5, 0.6) is 0 Å². The lowest BCUT2D eigenvalue weighted by Crippen LogP contribution is -1.93. The second kappa shape index (κ2) is 6.76. The molecule has 20 heavy (non-hydrogen) atoms. The number of hydrogen-bond acceptors (Lipinski definition) is 5. The van der Waals surface area contributed by atoms with E-state index in [1.165, 1.54) is 25.6 Å². The number of ether oxygens (including phenoxy) is 1. The number of esters is 1. The van der Waals surface area contributed by atoms with Crippen LogP contribution < -0.4 is 0 Å². The smallest absolute Gasteiger partial charge is 0.330 e. The topological polar surface area (TPSA) is 79.7 Å². The number of carbonyl (C=O) groups is 1. The van der Waals surface area contributed by atoms with E-state index < -0.39 is 5.97 Å². The molecule has 0 bridgehead atoms. The number of carbonyl (C=O) groups excluding carboxylic acids is 1. The molecule has 7 heteroatoms. The van der Waals surface area contributed by atoms with Gasteiger partial charge in [-0.05, 0) is 30.3 Å². The van der Waals surface area contributed by atoms with Crippen LogP contribution in [-0.4, -0.2) is 23.0 Å². The highest BCUT2D eigenvalue weighted by Gasteiger charge is 2.02. The number of aromatic nitrogens is 2. The van der Waals surface area contributed by atoms with Gasteiger partial charge in [0.05, 0.1) is 24.8 Å². The van der Waals surface area contributed by atoms with Crippen LogP contribution in [0.25, 0.3) is 6.08 Å². The molecular formula is C13H11BrN4O2. The van der Waals surface area contributed by atoms with Gasteiger partial charge in [-0.15, -0.1) is 10.2 Å². The van der Waals surface area contributed by atoms with E-state index in [1.54, 1.807) is 0 Å². The number of benzene rings is 1. The summed E-state index contributed by atoms with van der Waals surface area (Å²) in [6.45, 7) is 0. The van der Waals surface area contributed by atoms with Gasteiger partial charge in [0, 0.05) is 10.5 Å². The van der Waals surface area contributed by atoms with Crippen LogP contribution in [0.4, 0.5) is 11.5 Å². The molecule has 0 aliphatic carbocycles. The number of azo groups is 1. The molecule has 0 unspecified atom stereocenters. The molecule has 0 atom stereocenters. The number of methoxy groups -OCH3 is 1. The first kappa shape index (κ1) is 14.1. The number of hydrogen-bond donors (Lipinski definition) is 1. The summed E-state index contributed by atoms with van der Waals surface area (Å²) in [5, 5.41) is 8.10. The predicted octanol–water partition coefficient (Wildman–Crippen LogP) is 3.77. The van der Waals surface area contributed by atoms with Crippen molar-refractivity contribution in [3.05, 3.63) is 46.8 Å². The summed E-state index contributed by atoms with van der Waals surface area (Å²) in [6, 6.07) is 7.39. The van der Waals surface area contributed by atoms with Gasteiger partial charge in [-0.3, -0.25) is 0 Å². The largest absolute Gasteiger partial charge is 0.466 e. The fourth-order valence-electron chi connectivity index (χ4n) is 1.33. The van der Waals surface area contributed by atoms with Gasteiger partial charge >= 0.3 is 5.97 Å². The second-order valence-corrected chi connectivity index (χ2v) is 4.59. The number of nitrogens with zero attached hydrogens (tertiary/aromatic N) is 3. The highest BCUT2D eigenvalue weighted by Crippen LogP contribution is 2.21. The molecular weight excluding hydrogens is 324 g/mol. The van der Waals surface area contributed by atoms with Crippen molar-refractivity contribution in [2.45, 2.75) is 0 Å². The molecule has 2 aromatic rings. The van der Waals surface area contributed by atoms with Crippen molar-refractivity contribution in [1.82, 2.24) is 9.97 Å². The van der Waals surface area contributed by atoms with Crippen LogP contribution in [0.2, 0.25) is 0 Å². The third-order valence-electron chi connectivity index (χ3n) is 2.32. The Kier molecular flexibility index (Phi) is 4.78. The van der Waals surface area contributed by atoms with Crippen molar-refractivity contribution in [3.63, 3.8) is 0 Å². The van der Waals surface area contributed by atoms with E-state index in [1.807, 2.05) is 24.3 Å². The van der Waals surface area contributed by atoms with Gasteiger partial charge in [-0.2, -0.15) is 0 Å². The zero-order chi connectivity index (χ0) is 14.4. The molecule has 0 saturated heterocycles. The second-order valence-electron chi connectivity index (χ2n) is 3.67. The Bertz CT molecular complexity index is 647. The molecule has 102 valence electrons. The maximum absolute atomic E-state index is 11.0. The molecule has 1 aromatic carbocycles. The van der Waals surface area contributed by atoms with Crippen LogP contribution in [0, 0.1) is 0 Å². The molecule has 1 N–H and O–H groups in total. The van der Waals surface area contributed by atoms with E-state index in [2.05, 4.69) is 40.9 Å². The Labute approximate surface area is 123 Å². The number of rotatable bonds is 4. The first-order valence-electron chi connectivity index (χ1n) is 5.66. The van der Waals surface area contributed by atoms with Crippen LogP contribution in [0.3, 0.4) is 0 Å². The normalized spacial score (nSPS) is 11.3. The third kappa shape index (κ3) is 3.86. The lowest BCUT2D eigenvalue weighted by Gasteiger charge is -1.93. The number of H-pyrrole nitrogens is 1. The van der Waals surface area contributed by atoms with Gasteiger partial charge in [-0.1, -0.05) is 15.9 Å². The molecule has 0 radical (unpaired) electrons. The first-order chi connectivity index (χ1) is 9.69. The summed E-state index contributed by atoms with van der Waals surface area (Å²) >= 11 is 3.35. The minimum absolute atomic E-state index is 0.396. The highest BCUT2D eigenvalue weighted by atomic mass is 79.9. The summed E-state index contributed by atoms with van der Waals surface area (Å²) < 4.78 is 5.48. The van der Waals surface area contributed by atoms with Crippen molar-refractivity contribution in [3.8, 4) is 0 Å². The zero-order valence-electron chi connectivity index (χ0n) is 10.6. The number of halogens is 1. The van der Waals surface area contributed by atoms with Gasteiger partial charge in [0.15, 0.2) is 5.82 Å². The standard InChI is InChI=1S/C13H11BrN4O2/c1-20-12(19)7-6-11-13(16-8-15-11)18-17-10-4-2-9(14)3-5-10/h2-8H,1H3,(H,15,16)/b7-6+,18-17?. The summed E-state index contributed by atoms with van der Waals surface area (Å²) in [5.74, 6) is -0.0523. The van der Waals surface area contributed by atoms with Gasteiger partial charge in [-0.25, -0.2) is 9.78 Å². The van der Waals surface area contributed by atoms with Crippen LogP contribution in [0.15, 0.2) is 51.4 Å². The van der Waals surface area contributed by atoms with E-state index in [0.717, 1.165) is 4.47 Å². The lowest BCUT2D eigenvalue weighted by molar-refractivity contribution is -0.134. The van der Waals surface area contributed by atoms with Crippen molar-refractivity contribution in [2.24, 2.45) is 10.2 Å². The molecule has 6 nitrogen and oxygen atoms in total. The van der Waals surface area contributed by atoms with E-state index in [4.69, 9.17) is 0 Å². The monoisotopic (exact) mass is 334 g/mol. The molecule has 0 amide bonds. The Hall–Kier alpha value is -2.28. The molecule has 0 fully saturated rings. The number of nitrogens with one attached hydrogen (secondary N) is 1. The van der Waals surface area contributed by atoms with Crippen molar-refractivity contribution < 1.29 is 9.53 Å². The van der Waals surface area contributed by atoms with E-state index in [9.17, 15) is 4.79 Å². The lowest BCUT2D eigenvalue weighted by atomic mass is 10.3. The molecule has 1 aromatic heterocycles. The van der Waals surface area contributed by atoms with Crippen LogP contribution in [-0.2, 0) is 9.53 Å². The Morgan fingerprint density at radius 1 is 1.35 bits per heavy atom. The maximum atomic E-state index is 11.0. The Balaban J connectivity index is 2.14. The molecule has 1 heterocycles. The minimum Gasteiger partial charge on any atom is -0.466 e.